The molecule has 2 amide bonds. The minimum Gasteiger partial charge on any atom is -0.442 e. The highest BCUT2D eigenvalue weighted by Crippen LogP contribution is 2.48. The summed E-state index contributed by atoms with van der Waals surface area (Å²) in [7, 11) is 4.20. The minimum absolute atomic E-state index is 0.212. The molecule has 2 heterocycles. The molecule has 6 nitrogen and oxygen atoms in total. The number of amides is 2. The molecule has 1 aromatic heterocycles. The molecule has 4 rings (SSSR count). The van der Waals surface area contributed by atoms with Gasteiger partial charge in [-0.25, -0.2) is 4.79 Å². The van der Waals surface area contributed by atoms with Gasteiger partial charge in [0, 0.05) is 17.6 Å². The molecule has 1 aliphatic carbocycles. The van der Waals surface area contributed by atoms with Crippen LogP contribution in [0.4, 0.5) is 10.5 Å². The van der Waals surface area contributed by atoms with E-state index in [1.54, 1.807) is 17.0 Å². The number of benzene rings is 1. The molecule has 0 radical (unpaired) electrons. The van der Waals surface area contributed by atoms with E-state index >= 15 is 0 Å². The van der Waals surface area contributed by atoms with E-state index in [-0.39, 0.29) is 30.1 Å². The zero-order valence-corrected chi connectivity index (χ0v) is 18.1. The molecule has 29 heavy (non-hydrogen) atoms. The number of carbonyl (C=O) groups excluding carboxylic acids is 2. The molecule has 1 N–H and O–H groups in total. The molecule has 1 aromatic carbocycles. The van der Waals surface area contributed by atoms with E-state index in [1.165, 1.54) is 29.7 Å². The average molecular weight is 434 g/mol. The number of thiophene rings is 1. The maximum atomic E-state index is 12.3. The van der Waals surface area contributed by atoms with Crippen LogP contribution in [0.1, 0.15) is 28.1 Å². The van der Waals surface area contributed by atoms with E-state index < -0.39 is 0 Å². The fourth-order valence-electron chi connectivity index (χ4n) is 3.86. The number of nitrogens with zero attached hydrogens (tertiary/aromatic N) is 2. The second kappa shape index (κ2) is 7.97. The third kappa shape index (κ3) is 4.42. The molecule has 1 atom stereocenters. The largest absolute Gasteiger partial charge is 0.442 e. The number of likely N-dealkylation sites (N-methyl/N-ethyl adjacent to an activating group) is 1. The summed E-state index contributed by atoms with van der Waals surface area (Å²) >= 11 is 7.09. The quantitative estimate of drug-likeness (QED) is 0.722. The topological polar surface area (TPSA) is 61.9 Å². The molecule has 2 aliphatic rings. The van der Waals surface area contributed by atoms with E-state index in [9.17, 15) is 9.59 Å². The first-order chi connectivity index (χ1) is 13.9. The number of carbonyl (C=O) groups is 2. The van der Waals surface area contributed by atoms with Crippen molar-refractivity contribution in [1.29, 1.82) is 0 Å². The number of cyclic esters (lactones) is 1. The maximum absolute atomic E-state index is 12.3. The third-order valence-corrected chi connectivity index (χ3v) is 6.66. The van der Waals surface area contributed by atoms with Crippen LogP contribution in [-0.4, -0.2) is 56.7 Å². The summed E-state index contributed by atoms with van der Waals surface area (Å²) in [6.45, 7) is 1.71. The van der Waals surface area contributed by atoms with Crippen molar-refractivity contribution in [1.82, 2.24) is 10.2 Å². The van der Waals surface area contributed by atoms with Crippen molar-refractivity contribution in [3.05, 3.63) is 51.2 Å². The highest BCUT2D eigenvalue weighted by atomic mass is 35.5. The van der Waals surface area contributed by atoms with Gasteiger partial charge in [-0.2, -0.15) is 0 Å². The van der Waals surface area contributed by atoms with Crippen LogP contribution in [0.5, 0.6) is 0 Å². The monoisotopic (exact) mass is 433 g/mol. The molecule has 2 fully saturated rings. The van der Waals surface area contributed by atoms with Crippen molar-refractivity contribution in [2.24, 2.45) is 0 Å². The third-order valence-electron chi connectivity index (χ3n) is 5.43. The first-order valence-corrected chi connectivity index (χ1v) is 10.8. The van der Waals surface area contributed by atoms with Crippen LogP contribution in [0, 0.1) is 0 Å². The molecule has 1 aliphatic heterocycles. The van der Waals surface area contributed by atoms with E-state index in [0.717, 1.165) is 12.2 Å². The number of ether oxygens (including phenoxy) is 1. The van der Waals surface area contributed by atoms with E-state index in [2.05, 4.69) is 36.4 Å². The molecule has 1 unspecified atom stereocenters. The van der Waals surface area contributed by atoms with E-state index in [4.69, 9.17) is 16.3 Å². The standard InChI is InChI=1S/C21H24ClN3O3S/c1-24(2)13-21(9-10-21)14-3-5-15(6-4-14)25-12-16(28-20(25)27)11-23-19(26)17-7-8-18(22)29-17/h3-8,16H,9-13H2,1-2H3,(H,23,26). The lowest BCUT2D eigenvalue weighted by molar-refractivity contribution is 0.0920. The fourth-order valence-corrected chi connectivity index (χ4v) is 4.82. The number of hydrogen-bond acceptors (Lipinski definition) is 5. The Morgan fingerprint density at radius 3 is 2.59 bits per heavy atom. The Labute approximate surface area is 179 Å². The normalized spacial score (nSPS) is 20.1. The molecule has 0 bridgehead atoms. The Bertz CT molecular complexity index is 908. The summed E-state index contributed by atoms with van der Waals surface area (Å²) in [6.07, 6.45) is 1.64. The van der Waals surface area contributed by atoms with E-state index in [1.807, 2.05) is 12.1 Å². The summed E-state index contributed by atoms with van der Waals surface area (Å²) in [5.74, 6) is -0.212. The summed E-state index contributed by atoms with van der Waals surface area (Å²) in [4.78, 5) is 28.8. The lowest BCUT2D eigenvalue weighted by Gasteiger charge is -2.21. The van der Waals surface area contributed by atoms with Crippen LogP contribution in [0.15, 0.2) is 36.4 Å². The fraction of sp³-hybridized carbons (Fsp3) is 0.429. The van der Waals surface area contributed by atoms with Crippen molar-refractivity contribution in [3.8, 4) is 0 Å². The minimum atomic E-state index is -0.384. The number of nitrogens with one attached hydrogen (secondary N) is 1. The van der Waals surface area contributed by atoms with Gasteiger partial charge in [0.2, 0.25) is 0 Å². The van der Waals surface area contributed by atoms with Gasteiger partial charge in [-0.15, -0.1) is 11.3 Å². The van der Waals surface area contributed by atoms with Gasteiger partial charge in [-0.05, 0) is 56.8 Å². The highest BCUT2D eigenvalue weighted by Gasteiger charge is 2.44. The smallest absolute Gasteiger partial charge is 0.414 e. The van der Waals surface area contributed by atoms with Crippen LogP contribution in [0.3, 0.4) is 0 Å². The van der Waals surface area contributed by atoms with Crippen molar-refractivity contribution in [3.63, 3.8) is 0 Å². The summed E-state index contributed by atoms with van der Waals surface area (Å²) in [5, 5.41) is 2.81. The van der Waals surface area contributed by atoms with Crippen molar-refractivity contribution < 1.29 is 14.3 Å². The van der Waals surface area contributed by atoms with Gasteiger partial charge in [-0.1, -0.05) is 23.7 Å². The second-order valence-corrected chi connectivity index (χ2v) is 9.71. The Morgan fingerprint density at radius 2 is 2.00 bits per heavy atom. The first kappa shape index (κ1) is 20.2. The lowest BCUT2D eigenvalue weighted by Crippen LogP contribution is -2.34. The van der Waals surface area contributed by atoms with Gasteiger partial charge in [0.05, 0.1) is 22.3 Å². The Morgan fingerprint density at radius 1 is 1.28 bits per heavy atom. The first-order valence-electron chi connectivity index (χ1n) is 9.63. The van der Waals surface area contributed by atoms with Crippen molar-refractivity contribution in [2.75, 3.05) is 38.6 Å². The van der Waals surface area contributed by atoms with Gasteiger partial charge < -0.3 is 15.0 Å². The molecule has 1 saturated carbocycles. The van der Waals surface area contributed by atoms with Crippen LogP contribution in [0.25, 0.3) is 0 Å². The molecule has 1 saturated heterocycles. The van der Waals surface area contributed by atoms with Crippen LogP contribution >= 0.6 is 22.9 Å². The zero-order valence-electron chi connectivity index (χ0n) is 16.5. The molecule has 0 spiro atoms. The molecular weight excluding hydrogens is 410 g/mol. The molecule has 8 heteroatoms. The summed E-state index contributed by atoms with van der Waals surface area (Å²) in [5.41, 5.74) is 2.39. The van der Waals surface area contributed by atoms with Crippen LogP contribution < -0.4 is 10.2 Å². The number of rotatable bonds is 7. The zero-order chi connectivity index (χ0) is 20.6. The lowest BCUT2D eigenvalue weighted by atomic mass is 9.95. The maximum Gasteiger partial charge on any atom is 0.414 e. The van der Waals surface area contributed by atoms with Crippen LogP contribution in [0.2, 0.25) is 4.34 Å². The molecular formula is C21H24ClN3O3S. The average Bonchev–Trinajstić information content (AvgIpc) is 3.15. The second-order valence-electron chi connectivity index (χ2n) is 8.00. The SMILES string of the molecule is CN(C)CC1(c2ccc(N3CC(CNC(=O)c4ccc(Cl)s4)OC3=O)cc2)CC1. The Hall–Kier alpha value is -2.09. The van der Waals surface area contributed by atoms with Gasteiger partial charge in [0.15, 0.2) is 0 Å². The van der Waals surface area contributed by atoms with E-state index in [0.29, 0.717) is 15.8 Å². The number of anilines is 1. The molecule has 154 valence electrons. The Balaban J connectivity index is 1.35. The van der Waals surface area contributed by atoms with Gasteiger partial charge in [0.25, 0.3) is 5.91 Å². The van der Waals surface area contributed by atoms with Crippen molar-refractivity contribution in [2.45, 2.75) is 24.4 Å². The van der Waals surface area contributed by atoms with Crippen molar-refractivity contribution >= 4 is 40.6 Å². The number of halogens is 1. The number of hydrogen-bond donors (Lipinski definition) is 1. The predicted molar refractivity (Wildman–Crippen MR) is 115 cm³/mol. The van der Waals surface area contributed by atoms with Crippen LogP contribution in [-0.2, 0) is 10.2 Å². The van der Waals surface area contributed by atoms with Gasteiger partial charge >= 0.3 is 6.09 Å². The predicted octanol–water partition coefficient (Wildman–Crippen LogP) is 3.75. The summed E-state index contributed by atoms with van der Waals surface area (Å²) < 4.78 is 5.99. The van der Waals surface area contributed by atoms with Gasteiger partial charge in [0.1, 0.15) is 6.10 Å². The highest BCUT2D eigenvalue weighted by molar-refractivity contribution is 7.17. The summed E-state index contributed by atoms with van der Waals surface area (Å²) in [6, 6.07) is 11.6. The Kier molecular flexibility index (Phi) is 5.55. The van der Waals surface area contributed by atoms with Gasteiger partial charge in [-0.3, -0.25) is 9.69 Å². The molecule has 2 aromatic rings.